The zero-order valence-electron chi connectivity index (χ0n) is 12.3. The van der Waals surface area contributed by atoms with Crippen molar-refractivity contribution in [2.24, 2.45) is 17.8 Å². The predicted molar refractivity (Wildman–Crippen MR) is 72.7 cm³/mol. The minimum Gasteiger partial charge on any atom is -0.378 e. The van der Waals surface area contributed by atoms with Crippen LogP contribution in [0.5, 0.6) is 0 Å². The van der Waals surface area contributed by atoms with Gasteiger partial charge in [-0.2, -0.15) is 0 Å². The Bertz CT molecular complexity index is 126. The van der Waals surface area contributed by atoms with Gasteiger partial charge in [0, 0.05) is 6.61 Å². The molecule has 0 N–H and O–H groups in total. The topological polar surface area (TPSA) is 9.23 Å². The summed E-state index contributed by atoms with van der Waals surface area (Å²) in [7, 11) is 0. The lowest BCUT2D eigenvalue weighted by Gasteiger charge is -2.23. The molecule has 1 aliphatic heterocycles. The van der Waals surface area contributed by atoms with Crippen molar-refractivity contribution >= 4 is 0 Å². The molecule has 0 aromatic heterocycles. The Balaban J connectivity index is 0.000000281. The maximum atomic E-state index is 5.39. The van der Waals surface area contributed by atoms with E-state index in [0.717, 1.165) is 24.4 Å². The van der Waals surface area contributed by atoms with Crippen LogP contribution in [0.15, 0.2) is 0 Å². The SMILES string of the molecule is CC(C)CCC(C)C.CC1CCC(C)OC1. The van der Waals surface area contributed by atoms with Crippen molar-refractivity contribution in [3.63, 3.8) is 0 Å². The van der Waals surface area contributed by atoms with Crippen LogP contribution in [-0.2, 0) is 4.74 Å². The van der Waals surface area contributed by atoms with E-state index in [0.29, 0.717) is 6.10 Å². The first kappa shape index (κ1) is 16.0. The van der Waals surface area contributed by atoms with Crippen LogP contribution in [0.1, 0.15) is 67.2 Å². The zero-order chi connectivity index (χ0) is 12.6. The molecule has 0 radical (unpaired) electrons. The second kappa shape index (κ2) is 9.04. The summed E-state index contributed by atoms with van der Waals surface area (Å²) in [5, 5.41) is 0. The zero-order valence-corrected chi connectivity index (χ0v) is 12.3. The van der Waals surface area contributed by atoms with Crippen molar-refractivity contribution in [2.45, 2.75) is 73.3 Å². The average molecular weight is 228 g/mol. The molecule has 1 heterocycles. The summed E-state index contributed by atoms with van der Waals surface area (Å²) in [6, 6.07) is 0. The first-order valence-electron chi connectivity index (χ1n) is 7.03. The van der Waals surface area contributed by atoms with E-state index in [9.17, 15) is 0 Å². The molecular formula is C15H32O. The molecule has 0 bridgehead atoms. The summed E-state index contributed by atoms with van der Waals surface area (Å²) in [6.45, 7) is 14.5. The lowest BCUT2D eigenvalue weighted by atomic mass is 10.0. The van der Waals surface area contributed by atoms with E-state index in [2.05, 4.69) is 41.5 Å². The minimum atomic E-state index is 0.520. The standard InChI is InChI=1S/C8H18.C7H14O/c1-7(2)5-6-8(3)4;1-6-3-4-7(2)8-5-6/h7-8H,5-6H2,1-4H3;6-7H,3-5H2,1-2H3. The van der Waals surface area contributed by atoms with Crippen LogP contribution in [0.4, 0.5) is 0 Å². The molecule has 1 nitrogen and oxygen atoms in total. The number of hydrogen-bond acceptors (Lipinski definition) is 1. The third-order valence-corrected chi connectivity index (χ3v) is 3.05. The van der Waals surface area contributed by atoms with Crippen LogP contribution >= 0.6 is 0 Å². The van der Waals surface area contributed by atoms with Crippen molar-refractivity contribution in [2.75, 3.05) is 6.61 Å². The second-order valence-electron chi connectivity index (χ2n) is 6.19. The largest absolute Gasteiger partial charge is 0.378 e. The van der Waals surface area contributed by atoms with Gasteiger partial charge in [0.05, 0.1) is 6.10 Å². The molecule has 0 aliphatic carbocycles. The normalized spacial score (nSPS) is 25.5. The van der Waals surface area contributed by atoms with E-state index < -0.39 is 0 Å². The van der Waals surface area contributed by atoms with Crippen LogP contribution in [0.25, 0.3) is 0 Å². The molecule has 1 rings (SSSR count). The lowest BCUT2D eigenvalue weighted by molar-refractivity contribution is 0.000267. The van der Waals surface area contributed by atoms with Gasteiger partial charge in [0.2, 0.25) is 0 Å². The van der Waals surface area contributed by atoms with E-state index in [1.165, 1.54) is 25.7 Å². The highest BCUT2D eigenvalue weighted by Gasteiger charge is 2.13. The Morgan fingerprint density at radius 3 is 1.69 bits per heavy atom. The fourth-order valence-electron chi connectivity index (χ4n) is 1.68. The Labute approximate surface area is 103 Å². The Morgan fingerprint density at radius 1 is 0.938 bits per heavy atom. The van der Waals surface area contributed by atoms with Crippen LogP contribution in [0, 0.1) is 17.8 Å². The monoisotopic (exact) mass is 228 g/mol. The van der Waals surface area contributed by atoms with E-state index in [1.54, 1.807) is 0 Å². The summed E-state index contributed by atoms with van der Waals surface area (Å²) in [5.41, 5.74) is 0. The molecule has 0 spiro atoms. The van der Waals surface area contributed by atoms with Crippen molar-refractivity contribution in [3.05, 3.63) is 0 Å². The minimum absolute atomic E-state index is 0.520. The van der Waals surface area contributed by atoms with Crippen LogP contribution < -0.4 is 0 Å². The van der Waals surface area contributed by atoms with Crippen molar-refractivity contribution in [3.8, 4) is 0 Å². The molecule has 0 aromatic carbocycles. The molecule has 16 heavy (non-hydrogen) atoms. The Hall–Kier alpha value is -0.0400. The number of ether oxygens (including phenoxy) is 1. The van der Waals surface area contributed by atoms with Gasteiger partial charge in [-0.15, -0.1) is 0 Å². The van der Waals surface area contributed by atoms with Gasteiger partial charge in [-0.05, 0) is 37.5 Å². The van der Waals surface area contributed by atoms with Crippen molar-refractivity contribution < 1.29 is 4.74 Å². The van der Waals surface area contributed by atoms with E-state index in [4.69, 9.17) is 4.74 Å². The molecule has 2 atom stereocenters. The summed E-state index contributed by atoms with van der Waals surface area (Å²) in [6.07, 6.45) is 5.89. The van der Waals surface area contributed by atoms with Gasteiger partial charge in [0.15, 0.2) is 0 Å². The lowest BCUT2D eigenvalue weighted by Crippen LogP contribution is -2.21. The first-order chi connectivity index (χ1) is 7.41. The van der Waals surface area contributed by atoms with Gasteiger partial charge in [-0.1, -0.05) is 47.5 Å². The van der Waals surface area contributed by atoms with E-state index >= 15 is 0 Å². The first-order valence-corrected chi connectivity index (χ1v) is 7.03. The van der Waals surface area contributed by atoms with Gasteiger partial charge in [-0.25, -0.2) is 0 Å². The summed E-state index contributed by atoms with van der Waals surface area (Å²) >= 11 is 0. The highest BCUT2D eigenvalue weighted by molar-refractivity contribution is 4.62. The maximum absolute atomic E-state index is 5.39. The quantitative estimate of drug-likeness (QED) is 0.667. The Morgan fingerprint density at radius 2 is 1.44 bits per heavy atom. The maximum Gasteiger partial charge on any atom is 0.0547 e. The van der Waals surface area contributed by atoms with Gasteiger partial charge < -0.3 is 4.74 Å². The van der Waals surface area contributed by atoms with Crippen molar-refractivity contribution in [1.82, 2.24) is 0 Å². The average Bonchev–Trinajstić information content (AvgIpc) is 2.20. The highest BCUT2D eigenvalue weighted by Crippen LogP contribution is 2.16. The molecule has 0 saturated carbocycles. The van der Waals surface area contributed by atoms with Crippen LogP contribution in [0.3, 0.4) is 0 Å². The van der Waals surface area contributed by atoms with E-state index in [-0.39, 0.29) is 0 Å². The smallest absolute Gasteiger partial charge is 0.0547 e. The third-order valence-electron chi connectivity index (χ3n) is 3.05. The van der Waals surface area contributed by atoms with Gasteiger partial charge in [0.25, 0.3) is 0 Å². The molecule has 2 unspecified atom stereocenters. The van der Waals surface area contributed by atoms with E-state index in [1.807, 2.05) is 0 Å². The van der Waals surface area contributed by atoms with Gasteiger partial charge in [0.1, 0.15) is 0 Å². The van der Waals surface area contributed by atoms with Crippen LogP contribution in [0.2, 0.25) is 0 Å². The van der Waals surface area contributed by atoms with Crippen LogP contribution in [-0.4, -0.2) is 12.7 Å². The third kappa shape index (κ3) is 10.5. The molecule has 98 valence electrons. The molecule has 0 amide bonds. The summed E-state index contributed by atoms with van der Waals surface area (Å²) in [4.78, 5) is 0. The van der Waals surface area contributed by atoms with Gasteiger partial charge >= 0.3 is 0 Å². The number of hydrogen-bond donors (Lipinski definition) is 0. The molecule has 1 aliphatic rings. The molecule has 1 saturated heterocycles. The second-order valence-corrected chi connectivity index (χ2v) is 6.19. The molecule has 0 aromatic rings. The fourth-order valence-corrected chi connectivity index (χ4v) is 1.68. The van der Waals surface area contributed by atoms with Gasteiger partial charge in [-0.3, -0.25) is 0 Å². The van der Waals surface area contributed by atoms with Crippen molar-refractivity contribution in [1.29, 1.82) is 0 Å². The predicted octanol–water partition coefficient (Wildman–Crippen LogP) is 4.90. The fraction of sp³-hybridized carbons (Fsp3) is 1.00. The highest BCUT2D eigenvalue weighted by atomic mass is 16.5. The summed E-state index contributed by atoms with van der Waals surface area (Å²) in [5.74, 6) is 2.57. The molecule has 1 heteroatoms. The Kier molecular flexibility index (Phi) is 9.02. The number of rotatable bonds is 3. The molecule has 1 fully saturated rings. The molecular weight excluding hydrogens is 196 g/mol. The summed E-state index contributed by atoms with van der Waals surface area (Å²) < 4.78 is 5.39.